The Bertz CT molecular complexity index is 323. The van der Waals surface area contributed by atoms with Crippen LogP contribution in [0.2, 0.25) is 0 Å². The first-order valence-corrected chi connectivity index (χ1v) is 5.99. The molecular weight excluding hydrogens is 200 g/mol. The summed E-state index contributed by atoms with van der Waals surface area (Å²) < 4.78 is 0. The van der Waals surface area contributed by atoms with E-state index in [1.54, 1.807) is 12.1 Å². The first-order chi connectivity index (χ1) is 7.67. The van der Waals surface area contributed by atoms with Crippen LogP contribution < -0.4 is 0 Å². The van der Waals surface area contributed by atoms with Gasteiger partial charge in [-0.1, -0.05) is 38.8 Å². The summed E-state index contributed by atoms with van der Waals surface area (Å²) in [5, 5.41) is 8.77. The summed E-state index contributed by atoms with van der Waals surface area (Å²) in [4.78, 5) is 10.7. The van der Waals surface area contributed by atoms with Gasteiger partial charge in [0.15, 0.2) is 0 Å². The van der Waals surface area contributed by atoms with Crippen LogP contribution in [0.15, 0.2) is 24.3 Å². The molecule has 2 heteroatoms. The molecule has 2 nitrogen and oxygen atoms in total. The van der Waals surface area contributed by atoms with E-state index < -0.39 is 5.97 Å². The summed E-state index contributed by atoms with van der Waals surface area (Å²) in [7, 11) is 0. The van der Waals surface area contributed by atoms with E-state index in [1.807, 2.05) is 12.1 Å². The van der Waals surface area contributed by atoms with Gasteiger partial charge in [-0.3, -0.25) is 0 Å². The highest BCUT2D eigenvalue weighted by Gasteiger charge is 2.05. The number of benzene rings is 1. The highest BCUT2D eigenvalue weighted by Crippen LogP contribution is 2.16. The van der Waals surface area contributed by atoms with E-state index in [4.69, 9.17) is 5.11 Å². The lowest BCUT2D eigenvalue weighted by Crippen LogP contribution is -2.00. The third kappa shape index (κ3) is 3.69. The monoisotopic (exact) mass is 220 g/mol. The second-order valence-electron chi connectivity index (χ2n) is 4.22. The molecule has 1 aromatic rings. The highest BCUT2D eigenvalue weighted by atomic mass is 16.4. The van der Waals surface area contributed by atoms with Crippen LogP contribution in [0.4, 0.5) is 0 Å². The molecule has 0 unspecified atom stereocenters. The Morgan fingerprint density at radius 2 is 1.75 bits per heavy atom. The van der Waals surface area contributed by atoms with Crippen molar-refractivity contribution in [3.05, 3.63) is 35.4 Å². The third-order valence-electron chi connectivity index (χ3n) is 3.20. The Labute approximate surface area is 97.3 Å². The molecule has 0 aliphatic rings. The second kappa shape index (κ2) is 6.31. The molecule has 0 saturated heterocycles. The molecule has 0 atom stereocenters. The zero-order chi connectivity index (χ0) is 12.0. The minimum Gasteiger partial charge on any atom is -0.478 e. The van der Waals surface area contributed by atoms with Crippen LogP contribution >= 0.6 is 0 Å². The van der Waals surface area contributed by atoms with Crippen molar-refractivity contribution in [3.8, 4) is 0 Å². The summed E-state index contributed by atoms with van der Waals surface area (Å²) >= 11 is 0. The molecule has 0 saturated carbocycles. The molecule has 0 heterocycles. The molecular formula is C14H20O2. The maximum atomic E-state index is 10.7. The minimum atomic E-state index is -0.855. The Balaban J connectivity index is 2.52. The normalized spacial score (nSPS) is 10.7. The summed E-state index contributed by atoms with van der Waals surface area (Å²) in [6, 6.07) is 7.22. The third-order valence-corrected chi connectivity index (χ3v) is 3.20. The molecule has 0 aliphatic carbocycles. The molecule has 0 spiro atoms. The summed E-state index contributed by atoms with van der Waals surface area (Å²) in [5.74, 6) is -0.0642. The topological polar surface area (TPSA) is 37.3 Å². The van der Waals surface area contributed by atoms with Gasteiger partial charge in [-0.05, 0) is 36.5 Å². The molecule has 1 rings (SSSR count). The van der Waals surface area contributed by atoms with Crippen molar-refractivity contribution in [3.63, 3.8) is 0 Å². The summed E-state index contributed by atoms with van der Waals surface area (Å²) in [6.45, 7) is 4.45. The van der Waals surface area contributed by atoms with Gasteiger partial charge >= 0.3 is 5.97 Å². The molecule has 0 bridgehead atoms. The summed E-state index contributed by atoms with van der Waals surface area (Å²) in [6.07, 6.45) is 4.69. The van der Waals surface area contributed by atoms with Gasteiger partial charge in [0.1, 0.15) is 0 Å². The van der Waals surface area contributed by atoms with E-state index in [-0.39, 0.29) is 0 Å². The van der Waals surface area contributed by atoms with Crippen molar-refractivity contribution in [2.45, 2.75) is 39.5 Å². The van der Waals surface area contributed by atoms with Crippen LogP contribution in [0.1, 0.15) is 49.0 Å². The van der Waals surface area contributed by atoms with Gasteiger partial charge < -0.3 is 5.11 Å². The molecule has 1 aromatic carbocycles. The van der Waals surface area contributed by atoms with Crippen molar-refractivity contribution in [1.29, 1.82) is 0 Å². The van der Waals surface area contributed by atoms with Crippen LogP contribution in [-0.4, -0.2) is 11.1 Å². The molecule has 1 N–H and O–H groups in total. The number of aryl methyl sites for hydroxylation is 1. The van der Waals surface area contributed by atoms with E-state index in [1.165, 1.54) is 24.8 Å². The van der Waals surface area contributed by atoms with Gasteiger partial charge in [0.05, 0.1) is 5.56 Å². The van der Waals surface area contributed by atoms with E-state index in [0.717, 1.165) is 12.3 Å². The number of aromatic carboxylic acids is 1. The Hall–Kier alpha value is -1.31. The molecule has 0 fully saturated rings. The van der Waals surface area contributed by atoms with E-state index >= 15 is 0 Å². The van der Waals surface area contributed by atoms with Crippen molar-refractivity contribution >= 4 is 5.97 Å². The molecule has 0 amide bonds. The fraction of sp³-hybridized carbons (Fsp3) is 0.500. The average Bonchev–Trinajstić information content (AvgIpc) is 2.31. The largest absolute Gasteiger partial charge is 0.478 e. The average molecular weight is 220 g/mol. The number of carbonyl (C=O) groups is 1. The number of carboxylic acid groups (broad SMARTS) is 1. The zero-order valence-electron chi connectivity index (χ0n) is 10.1. The minimum absolute atomic E-state index is 0.367. The highest BCUT2D eigenvalue weighted by molar-refractivity contribution is 5.87. The Morgan fingerprint density at radius 3 is 2.19 bits per heavy atom. The predicted molar refractivity (Wildman–Crippen MR) is 65.8 cm³/mol. The first-order valence-electron chi connectivity index (χ1n) is 5.99. The zero-order valence-corrected chi connectivity index (χ0v) is 10.1. The number of hydrogen-bond donors (Lipinski definition) is 1. The van der Waals surface area contributed by atoms with Crippen LogP contribution in [0.25, 0.3) is 0 Å². The second-order valence-corrected chi connectivity index (χ2v) is 4.22. The maximum absolute atomic E-state index is 10.7. The van der Waals surface area contributed by atoms with Crippen LogP contribution in [0, 0.1) is 5.92 Å². The van der Waals surface area contributed by atoms with Crippen molar-refractivity contribution in [1.82, 2.24) is 0 Å². The number of rotatable bonds is 6. The Morgan fingerprint density at radius 1 is 1.19 bits per heavy atom. The quantitative estimate of drug-likeness (QED) is 0.792. The van der Waals surface area contributed by atoms with Gasteiger partial charge in [-0.15, -0.1) is 0 Å². The van der Waals surface area contributed by atoms with Crippen LogP contribution in [0.5, 0.6) is 0 Å². The van der Waals surface area contributed by atoms with E-state index in [0.29, 0.717) is 5.56 Å². The predicted octanol–water partition coefficient (Wildman–Crippen LogP) is 3.75. The lowest BCUT2D eigenvalue weighted by atomic mass is 9.95. The fourth-order valence-corrected chi connectivity index (χ4v) is 1.88. The Kier molecular flexibility index (Phi) is 5.03. The number of carboxylic acids is 1. The van der Waals surface area contributed by atoms with E-state index in [2.05, 4.69) is 13.8 Å². The number of hydrogen-bond acceptors (Lipinski definition) is 1. The summed E-state index contributed by atoms with van der Waals surface area (Å²) in [5.41, 5.74) is 1.60. The maximum Gasteiger partial charge on any atom is 0.335 e. The molecule has 16 heavy (non-hydrogen) atoms. The van der Waals surface area contributed by atoms with Gasteiger partial charge in [-0.25, -0.2) is 4.79 Å². The molecule has 0 aromatic heterocycles. The van der Waals surface area contributed by atoms with Gasteiger partial charge in [0, 0.05) is 0 Å². The van der Waals surface area contributed by atoms with Crippen LogP contribution in [-0.2, 0) is 6.42 Å². The van der Waals surface area contributed by atoms with Crippen molar-refractivity contribution in [2.24, 2.45) is 5.92 Å². The van der Waals surface area contributed by atoms with E-state index in [9.17, 15) is 4.79 Å². The fourth-order valence-electron chi connectivity index (χ4n) is 1.88. The SMILES string of the molecule is CCC(CC)CCc1ccc(C(=O)O)cc1. The smallest absolute Gasteiger partial charge is 0.335 e. The van der Waals surface area contributed by atoms with Crippen molar-refractivity contribution < 1.29 is 9.90 Å². The lowest BCUT2D eigenvalue weighted by molar-refractivity contribution is 0.0697. The molecule has 0 aliphatic heterocycles. The first kappa shape index (κ1) is 12.8. The molecule has 0 radical (unpaired) electrons. The molecule has 88 valence electrons. The van der Waals surface area contributed by atoms with Gasteiger partial charge in [-0.2, -0.15) is 0 Å². The van der Waals surface area contributed by atoms with Gasteiger partial charge in [0.2, 0.25) is 0 Å². The lowest BCUT2D eigenvalue weighted by Gasteiger charge is -2.11. The standard InChI is InChI=1S/C14H20O2/c1-3-11(4-2)5-6-12-7-9-13(10-8-12)14(15)16/h7-11H,3-6H2,1-2H3,(H,15,16). The van der Waals surface area contributed by atoms with Crippen LogP contribution in [0.3, 0.4) is 0 Å². The van der Waals surface area contributed by atoms with Crippen molar-refractivity contribution in [2.75, 3.05) is 0 Å². The van der Waals surface area contributed by atoms with Gasteiger partial charge in [0.25, 0.3) is 0 Å².